The lowest BCUT2D eigenvalue weighted by atomic mass is 9.94. The molecule has 258 valence electrons. The zero-order valence-corrected chi connectivity index (χ0v) is 33.2. The number of rotatable bonds is 7. The SMILES string of the molecule is C=C(C)C1=C(C)CN(C)CC1.C=C(C)OCC[C@@H]1CCC[N+](C)(C)C1.CC.CC.CC.CCC.CCCC.CCCC. The van der Waals surface area contributed by atoms with Crippen LogP contribution in [0.5, 0.6) is 0 Å². The molecule has 2 heterocycles. The van der Waals surface area contributed by atoms with Crippen LogP contribution in [0.25, 0.3) is 0 Å². The van der Waals surface area contributed by atoms with Gasteiger partial charge in [0.15, 0.2) is 0 Å². The summed E-state index contributed by atoms with van der Waals surface area (Å²) in [6.45, 7) is 44.7. The molecule has 0 aromatic rings. The average molecular weight is 600 g/mol. The van der Waals surface area contributed by atoms with Gasteiger partial charge in [0.25, 0.3) is 0 Å². The first kappa shape index (κ1) is 53.5. The second kappa shape index (κ2) is 42.1. The third-order valence-corrected chi connectivity index (χ3v) is 6.28. The standard InChI is InChI=1S/C12H24NO.C10H17N.2C4H10.C3H8.3C2H6/c1-11(2)14-9-7-12-6-5-8-13(3,4)10-12;1-8(2)10-5-6-11(4)7-9(10)3;2*1-3-4-2;1-3-2;3*1-2/h12H,1,5-10H2,2-4H3;1,5-7H2,2-4H3;2*3-4H2,1-2H3;3H2,1-2H3;3*1-2H3/q+1;;;;;;;/t12-;;;;;;;/m0......./s1. The zero-order chi connectivity index (χ0) is 34.6. The summed E-state index contributed by atoms with van der Waals surface area (Å²) >= 11 is 0. The molecule has 0 amide bonds. The first-order chi connectivity index (χ1) is 19.8. The third-order valence-electron chi connectivity index (χ3n) is 6.28. The number of hydrogen-bond donors (Lipinski definition) is 0. The molecular formula is C39H87N2O+. The maximum absolute atomic E-state index is 5.41. The number of piperidine rings is 1. The Labute approximate surface area is 270 Å². The number of allylic oxidation sites excluding steroid dienone is 2. The highest BCUT2D eigenvalue weighted by atomic mass is 16.5. The first-order valence-electron chi connectivity index (χ1n) is 18.0. The lowest BCUT2D eigenvalue weighted by molar-refractivity contribution is -0.898. The van der Waals surface area contributed by atoms with Crippen LogP contribution in [-0.4, -0.2) is 63.3 Å². The van der Waals surface area contributed by atoms with E-state index in [0.29, 0.717) is 0 Å². The molecule has 0 spiro atoms. The van der Waals surface area contributed by atoms with Gasteiger partial charge in [-0.1, -0.05) is 139 Å². The predicted octanol–water partition coefficient (Wildman–Crippen LogP) is 12.7. The summed E-state index contributed by atoms with van der Waals surface area (Å²) in [5.41, 5.74) is 4.23. The highest BCUT2D eigenvalue weighted by molar-refractivity contribution is 5.33. The molecule has 42 heavy (non-hydrogen) atoms. The third kappa shape index (κ3) is 43.4. The second-order valence-electron chi connectivity index (χ2n) is 11.4. The maximum atomic E-state index is 5.41. The minimum atomic E-state index is 0.842. The van der Waals surface area contributed by atoms with E-state index in [4.69, 9.17) is 4.74 Å². The fourth-order valence-corrected chi connectivity index (χ4v) is 4.00. The van der Waals surface area contributed by atoms with Gasteiger partial charge >= 0.3 is 0 Å². The molecule has 1 fully saturated rings. The number of hydrogen-bond acceptors (Lipinski definition) is 2. The molecule has 1 saturated heterocycles. The first-order valence-corrected chi connectivity index (χ1v) is 18.0. The van der Waals surface area contributed by atoms with E-state index in [0.717, 1.165) is 24.8 Å². The lowest BCUT2D eigenvalue weighted by Crippen LogP contribution is -2.47. The van der Waals surface area contributed by atoms with Gasteiger partial charge in [-0.25, -0.2) is 0 Å². The van der Waals surface area contributed by atoms with Crippen molar-refractivity contribution < 1.29 is 9.22 Å². The number of unbranched alkanes of at least 4 members (excludes halogenated alkanes) is 2. The Bertz CT molecular complexity index is 555. The molecule has 2 rings (SSSR count). The van der Waals surface area contributed by atoms with Crippen molar-refractivity contribution in [3.8, 4) is 0 Å². The molecule has 0 bridgehead atoms. The van der Waals surface area contributed by atoms with E-state index in [2.05, 4.69) is 94.6 Å². The molecule has 0 saturated carbocycles. The highest BCUT2D eigenvalue weighted by Gasteiger charge is 2.26. The molecule has 0 unspecified atom stereocenters. The second-order valence-corrected chi connectivity index (χ2v) is 11.4. The lowest BCUT2D eigenvalue weighted by Gasteiger charge is -2.38. The molecule has 0 aliphatic carbocycles. The summed E-state index contributed by atoms with van der Waals surface area (Å²) in [5.74, 6) is 1.69. The van der Waals surface area contributed by atoms with Crippen LogP contribution in [0.3, 0.4) is 0 Å². The normalized spacial score (nSPS) is 16.3. The van der Waals surface area contributed by atoms with E-state index in [1.807, 2.05) is 48.5 Å². The Kier molecular flexibility index (Phi) is 53.6. The molecule has 3 heteroatoms. The summed E-state index contributed by atoms with van der Waals surface area (Å²) in [6, 6.07) is 0. The van der Waals surface area contributed by atoms with E-state index in [-0.39, 0.29) is 0 Å². The molecule has 2 aliphatic heterocycles. The van der Waals surface area contributed by atoms with Crippen molar-refractivity contribution in [1.29, 1.82) is 0 Å². The number of likely N-dealkylation sites (N-methyl/N-ethyl adjacent to an activating group) is 1. The summed E-state index contributed by atoms with van der Waals surface area (Å²) in [4.78, 5) is 2.35. The Hall–Kier alpha value is -1.06. The van der Waals surface area contributed by atoms with Crippen molar-refractivity contribution in [1.82, 2.24) is 4.90 Å². The van der Waals surface area contributed by atoms with E-state index in [1.54, 1.807) is 0 Å². The van der Waals surface area contributed by atoms with Crippen molar-refractivity contribution in [2.45, 2.75) is 162 Å². The fraction of sp³-hybridized carbons (Fsp3) is 0.846. The van der Waals surface area contributed by atoms with Crippen LogP contribution in [0.15, 0.2) is 35.6 Å². The monoisotopic (exact) mass is 600 g/mol. The molecule has 0 aromatic heterocycles. The molecule has 1 atom stereocenters. The summed E-state index contributed by atoms with van der Waals surface area (Å²) in [6.07, 6.45) is 11.6. The fourth-order valence-electron chi connectivity index (χ4n) is 4.00. The molecule has 0 aromatic carbocycles. The van der Waals surface area contributed by atoms with Gasteiger partial charge in [0.05, 0.1) is 39.6 Å². The van der Waals surface area contributed by atoms with Gasteiger partial charge in [-0.2, -0.15) is 0 Å². The van der Waals surface area contributed by atoms with Crippen molar-refractivity contribution in [2.24, 2.45) is 5.92 Å². The summed E-state index contributed by atoms with van der Waals surface area (Å²) in [7, 11) is 6.82. The van der Waals surface area contributed by atoms with Crippen LogP contribution in [0.4, 0.5) is 0 Å². The number of ether oxygens (including phenoxy) is 1. The predicted molar refractivity (Wildman–Crippen MR) is 201 cm³/mol. The van der Waals surface area contributed by atoms with E-state index < -0.39 is 0 Å². The molecule has 3 nitrogen and oxygen atoms in total. The topological polar surface area (TPSA) is 12.5 Å². The number of likely N-dealkylation sites (tertiary alicyclic amines) is 1. The minimum Gasteiger partial charge on any atom is -0.499 e. The van der Waals surface area contributed by atoms with Crippen molar-refractivity contribution in [3.63, 3.8) is 0 Å². The number of nitrogens with zero attached hydrogens (tertiary/aromatic N) is 2. The maximum Gasteiger partial charge on any atom is 0.0881 e. The Morgan fingerprint density at radius 2 is 1.29 bits per heavy atom. The van der Waals surface area contributed by atoms with Gasteiger partial charge < -0.3 is 14.1 Å². The zero-order valence-electron chi connectivity index (χ0n) is 33.2. The van der Waals surface area contributed by atoms with Crippen LogP contribution in [-0.2, 0) is 4.74 Å². The number of quaternary nitrogens is 1. The quantitative estimate of drug-likeness (QED) is 0.213. The van der Waals surface area contributed by atoms with Gasteiger partial charge in [-0.05, 0) is 59.1 Å². The van der Waals surface area contributed by atoms with Crippen LogP contribution in [0, 0.1) is 5.92 Å². The molecule has 0 N–H and O–H groups in total. The van der Waals surface area contributed by atoms with Crippen LogP contribution in [0.2, 0.25) is 0 Å². The molecule has 0 radical (unpaired) electrons. The van der Waals surface area contributed by atoms with Gasteiger partial charge in [-0.15, -0.1) is 0 Å². The largest absolute Gasteiger partial charge is 0.499 e. The minimum absolute atomic E-state index is 0.842. The van der Waals surface area contributed by atoms with Crippen molar-refractivity contribution >= 4 is 0 Å². The average Bonchev–Trinajstić information content (AvgIpc) is 2.96. The summed E-state index contributed by atoms with van der Waals surface area (Å²) < 4.78 is 6.59. The van der Waals surface area contributed by atoms with Gasteiger partial charge in [0.2, 0.25) is 0 Å². The van der Waals surface area contributed by atoms with Crippen LogP contribution < -0.4 is 0 Å². The molecular weight excluding hydrogens is 512 g/mol. The van der Waals surface area contributed by atoms with Crippen molar-refractivity contribution in [2.75, 3.05) is 53.9 Å². The Morgan fingerprint density at radius 3 is 1.60 bits per heavy atom. The van der Waals surface area contributed by atoms with Gasteiger partial charge in [-0.3, -0.25) is 0 Å². The van der Waals surface area contributed by atoms with E-state index >= 15 is 0 Å². The van der Waals surface area contributed by atoms with Crippen molar-refractivity contribution in [3.05, 3.63) is 35.6 Å². The van der Waals surface area contributed by atoms with Crippen LogP contribution in [0.1, 0.15) is 162 Å². The van der Waals surface area contributed by atoms with Gasteiger partial charge in [0.1, 0.15) is 0 Å². The molecule has 2 aliphatic rings. The van der Waals surface area contributed by atoms with E-state index in [9.17, 15) is 0 Å². The van der Waals surface area contributed by atoms with Gasteiger partial charge in [0, 0.05) is 19.0 Å². The summed E-state index contributed by atoms with van der Waals surface area (Å²) in [5, 5.41) is 0. The highest BCUT2D eigenvalue weighted by Crippen LogP contribution is 2.23. The Morgan fingerprint density at radius 1 is 0.857 bits per heavy atom. The van der Waals surface area contributed by atoms with E-state index in [1.165, 1.54) is 98.6 Å². The smallest absolute Gasteiger partial charge is 0.0881 e. The Balaban J connectivity index is -0.000000103. The van der Waals surface area contributed by atoms with Crippen LogP contribution >= 0.6 is 0 Å².